The lowest BCUT2D eigenvalue weighted by Crippen LogP contribution is -2.15. The number of fused-ring (bicyclic) bond motifs is 1. The Labute approximate surface area is 95.2 Å². The Morgan fingerprint density at radius 2 is 2.06 bits per heavy atom. The van der Waals surface area contributed by atoms with Crippen molar-refractivity contribution in [2.75, 3.05) is 25.1 Å². The van der Waals surface area contributed by atoms with Crippen LogP contribution >= 0.6 is 0 Å². The number of hydrogen-bond acceptors (Lipinski definition) is 4. The minimum atomic E-state index is -0.365. The molecule has 1 aliphatic heterocycles. The topological polar surface area (TPSA) is 50.7 Å². The zero-order valence-electron chi connectivity index (χ0n) is 9.40. The van der Waals surface area contributed by atoms with Crippen molar-refractivity contribution in [2.45, 2.75) is 19.4 Å². The molecule has 1 heterocycles. The Kier molecular flexibility index (Phi) is 3.51. The summed E-state index contributed by atoms with van der Waals surface area (Å²) in [6, 6.07) is 5.73. The molecule has 0 spiro atoms. The molecule has 0 amide bonds. The van der Waals surface area contributed by atoms with Crippen LogP contribution in [0.25, 0.3) is 0 Å². The van der Waals surface area contributed by atoms with E-state index in [9.17, 15) is 5.11 Å². The van der Waals surface area contributed by atoms with Crippen LogP contribution in [0.1, 0.15) is 13.3 Å². The van der Waals surface area contributed by atoms with Crippen LogP contribution in [0.15, 0.2) is 18.2 Å². The molecule has 0 saturated heterocycles. The maximum absolute atomic E-state index is 9.18. The first-order chi connectivity index (χ1) is 7.75. The summed E-state index contributed by atoms with van der Waals surface area (Å²) in [5.41, 5.74) is 0.935. The van der Waals surface area contributed by atoms with E-state index in [1.807, 2.05) is 18.2 Å². The molecule has 2 N–H and O–H groups in total. The summed E-state index contributed by atoms with van der Waals surface area (Å²) in [6.45, 7) is 3.66. The van der Waals surface area contributed by atoms with Crippen LogP contribution in [0, 0.1) is 0 Å². The molecule has 1 aliphatic rings. The molecule has 1 unspecified atom stereocenters. The summed E-state index contributed by atoms with van der Waals surface area (Å²) in [4.78, 5) is 0. The van der Waals surface area contributed by atoms with Crippen molar-refractivity contribution < 1.29 is 14.6 Å². The molecule has 4 heteroatoms. The minimum absolute atomic E-state index is 0.365. The first kappa shape index (κ1) is 11.1. The van der Waals surface area contributed by atoms with Gasteiger partial charge in [0.2, 0.25) is 0 Å². The van der Waals surface area contributed by atoms with Crippen molar-refractivity contribution in [3.8, 4) is 11.5 Å². The highest BCUT2D eigenvalue weighted by atomic mass is 16.5. The number of rotatable bonds is 3. The standard InChI is InChI=1S/C12H17NO3/c1-9(14)8-13-10-3-4-11-12(7-10)16-6-2-5-15-11/h3-4,7,9,13-14H,2,5-6,8H2,1H3. The third-order valence-corrected chi connectivity index (χ3v) is 2.35. The molecule has 2 rings (SSSR count). The first-order valence-electron chi connectivity index (χ1n) is 5.57. The van der Waals surface area contributed by atoms with Crippen molar-refractivity contribution in [1.82, 2.24) is 0 Å². The average molecular weight is 223 g/mol. The lowest BCUT2D eigenvalue weighted by Gasteiger charge is -2.12. The van der Waals surface area contributed by atoms with Gasteiger partial charge in [0.05, 0.1) is 19.3 Å². The smallest absolute Gasteiger partial charge is 0.163 e. The zero-order valence-corrected chi connectivity index (χ0v) is 9.40. The molecule has 0 bridgehead atoms. The Morgan fingerprint density at radius 1 is 1.31 bits per heavy atom. The highest BCUT2D eigenvalue weighted by molar-refractivity contribution is 5.55. The van der Waals surface area contributed by atoms with Gasteiger partial charge in [-0.05, 0) is 19.1 Å². The predicted octanol–water partition coefficient (Wildman–Crippen LogP) is 1.64. The maximum atomic E-state index is 9.18. The van der Waals surface area contributed by atoms with E-state index in [0.717, 1.165) is 23.6 Å². The number of benzene rings is 1. The SMILES string of the molecule is CC(O)CNc1ccc2c(c1)OCCCO2. The zero-order chi connectivity index (χ0) is 11.4. The Balaban J connectivity index is 2.08. The van der Waals surface area contributed by atoms with Crippen molar-refractivity contribution >= 4 is 5.69 Å². The molecular formula is C12H17NO3. The summed E-state index contributed by atoms with van der Waals surface area (Å²) in [5, 5.41) is 12.3. The van der Waals surface area contributed by atoms with Crippen LogP contribution in [0.4, 0.5) is 5.69 Å². The van der Waals surface area contributed by atoms with Gasteiger partial charge >= 0.3 is 0 Å². The Morgan fingerprint density at radius 3 is 2.81 bits per heavy atom. The van der Waals surface area contributed by atoms with Crippen LogP contribution in [0.3, 0.4) is 0 Å². The van der Waals surface area contributed by atoms with Gasteiger partial charge in [-0.15, -0.1) is 0 Å². The summed E-state index contributed by atoms with van der Waals surface area (Å²) in [7, 11) is 0. The van der Waals surface area contributed by atoms with Crippen LogP contribution in [0.5, 0.6) is 11.5 Å². The molecule has 0 aromatic heterocycles. The molecule has 0 fully saturated rings. The molecule has 4 nitrogen and oxygen atoms in total. The van der Waals surface area contributed by atoms with Gasteiger partial charge in [-0.1, -0.05) is 0 Å². The van der Waals surface area contributed by atoms with Gasteiger partial charge < -0.3 is 19.9 Å². The number of nitrogens with one attached hydrogen (secondary N) is 1. The average Bonchev–Trinajstić information content (AvgIpc) is 2.50. The van der Waals surface area contributed by atoms with Crippen LogP contribution in [-0.4, -0.2) is 31.0 Å². The van der Waals surface area contributed by atoms with Gasteiger partial charge in [0.25, 0.3) is 0 Å². The van der Waals surface area contributed by atoms with Crippen molar-refractivity contribution in [1.29, 1.82) is 0 Å². The summed E-state index contributed by atoms with van der Waals surface area (Å²) in [5.74, 6) is 1.56. The van der Waals surface area contributed by atoms with Crippen LogP contribution in [0.2, 0.25) is 0 Å². The van der Waals surface area contributed by atoms with Gasteiger partial charge in [0.1, 0.15) is 0 Å². The molecule has 1 atom stereocenters. The largest absolute Gasteiger partial charge is 0.490 e. The first-order valence-corrected chi connectivity index (χ1v) is 5.57. The molecular weight excluding hydrogens is 206 g/mol. The Bertz CT molecular complexity index is 352. The normalized spacial score (nSPS) is 16.4. The molecule has 1 aromatic carbocycles. The maximum Gasteiger partial charge on any atom is 0.163 e. The van der Waals surface area contributed by atoms with E-state index in [1.54, 1.807) is 6.92 Å². The third-order valence-electron chi connectivity index (χ3n) is 2.35. The lowest BCUT2D eigenvalue weighted by molar-refractivity contribution is 0.208. The van der Waals surface area contributed by atoms with Gasteiger partial charge in [-0.2, -0.15) is 0 Å². The fourth-order valence-electron chi connectivity index (χ4n) is 1.54. The summed E-state index contributed by atoms with van der Waals surface area (Å²) >= 11 is 0. The second-order valence-corrected chi connectivity index (χ2v) is 3.94. The van der Waals surface area contributed by atoms with Crippen LogP contribution in [-0.2, 0) is 0 Å². The minimum Gasteiger partial charge on any atom is -0.490 e. The highest BCUT2D eigenvalue weighted by Gasteiger charge is 2.10. The second kappa shape index (κ2) is 5.07. The monoisotopic (exact) mass is 223 g/mol. The van der Waals surface area contributed by atoms with E-state index in [4.69, 9.17) is 9.47 Å². The number of hydrogen-bond donors (Lipinski definition) is 2. The quantitative estimate of drug-likeness (QED) is 0.818. The van der Waals surface area contributed by atoms with E-state index >= 15 is 0 Å². The van der Waals surface area contributed by atoms with Crippen molar-refractivity contribution in [2.24, 2.45) is 0 Å². The number of aliphatic hydroxyl groups is 1. The summed E-state index contributed by atoms with van der Waals surface area (Å²) < 4.78 is 11.1. The molecule has 1 aromatic rings. The van der Waals surface area contributed by atoms with E-state index in [-0.39, 0.29) is 6.10 Å². The van der Waals surface area contributed by atoms with Crippen LogP contribution < -0.4 is 14.8 Å². The fraction of sp³-hybridized carbons (Fsp3) is 0.500. The van der Waals surface area contributed by atoms with Gasteiger partial charge in [0, 0.05) is 24.7 Å². The van der Waals surface area contributed by atoms with E-state index in [1.165, 1.54) is 0 Å². The number of ether oxygens (including phenoxy) is 2. The third kappa shape index (κ3) is 2.79. The molecule has 88 valence electrons. The molecule has 0 saturated carbocycles. The summed E-state index contributed by atoms with van der Waals surface area (Å²) in [6.07, 6.45) is 0.543. The van der Waals surface area contributed by atoms with Crippen molar-refractivity contribution in [3.63, 3.8) is 0 Å². The van der Waals surface area contributed by atoms with E-state index in [2.05, 4.69) is 5.32 Å². The Hall–Kier alpha value is -1.42. The van der Waals surface area contributed by atoms with Gasteiger partial charge in [0.15, 0.2) is 11.5 Å². The molecule has 0 aliphatic carbocycles. The number of anilines is 1. The van der Waals surface area contributed by atoms with Gasteiger partial charge in [-0.3, -0.25) is 0 Å². The lowest BCUT2D eigenvalue weighted by atomic mass is 10.2. The highest BCUT2D eigenvalue weighted by Crippen LogP contribution is 2.32. The fourth-order valence-corrected chi connectivity index (χ4v) is 1.54. The molecule has 16 heavy (non-hydrogen) atoms. The molecule has 0 radical (unpaired) electrons. The predicted molar refractivity (Wildman–Crippen MR) is 62.2 cm³/mol. The second-order valence-electron chi connectivity index (χ2n) is 3.94. The van der Waals surface area contributed by atoms with Gasteiger partial charge in [-0.25, -0.2) is 0 Å². The number of aliphatic hydroxyl groups excluding tert-OH is 1. The van der Waals surface area contributed by atoms with E-state index in [0.29, 0.717) is 19.8 Å². The van der Waals surface area contributed by atoms with Crippen molar-refractivity contribution in [3.05, 3.63) is 18.2 Å². The van der Waals surface area contributed by atoms with E-state index < -0.39 is 0 Å².